The summed E-state index contributed by atoms with van der Waals surface area (Å²) in [5.74, 6) is 0.217. The molecule has 15 heteroatoms. The Kier molecular flexibility index (Phi) is 5.24. The number of nitrogens with zero attached hydrogens (tertiary/aromatic N) is 7. The second-order valence-corrected chi connectivity index (χ2v) is 9.59. The molecule has 3 fully saturated rings. The Bertz CT molecular complexity index is 1130. The van der Waals surface area contributed by atoms with Gasteiger partial charge in [-0.1, -0.05) is 5.11 Å². The van der Waals surface area contributed by atoms with E-state index < -0.39 is 31.8 Å². The lowest BCUT2D eigenvalue weighted by Crippen LogP contribution is -2.46. The van der Waals surface area contributed by atoms with Crippen molar-refractivity contribution in [3.05, 3.63) is 16.8 Å². The number of aromatic nitrogens is 4. The summed E-state index contributed by atoms with van der Waals surface area (Å²) in [6.07, 6.45) is 1.44. The van der Waals surface area contributed by atoms with E-state index in [4.69, 9.17) is 28.8 Å². The first-order valence-electron chi connectivity index (χ1n) is 10.3. The van der Waals surface area contributed by atoms with Gasteiger partial charge in [-0.2, -0.15) is 9.97 Å². The second kappa shape index (κ2) is 7.84. The number of imidazole rings is 1. The lowest BCUT2D eigenvalue weighted by atomic mass is 9.93. The minimum absolute atomic E-state index is 0.0124. The van der Waals surface area contributed by atoms with Gasteiger partial charge in [0.2, 0.25) is 11.8 Å². The van der Waals surface area contributed by atoms with Crippen LogP contribution in [0.1, 0.15) is 39.3 Å². The molecular weight excluding hydrogens is 443 g/mol. The van der Waals surface area contributed by atoms with E-state index in [1.807, 2.05) is 6.92 Å². The molecule has 2 N–H and O–H groups in total. The third-order valence-electron chi connectivity index (χ3n) is 5.89. The van der Waals surface area contributed by atoms with Gasteiger partial charge in [0.1, 0.15) is 17.7 Å². The Morgan fingerprint density at radius 1 is 1.47 bits per heavy atom. The fourth-order valence-corrected chi connectivity index (χ4v) is 5.81. The van der Waals surface area contributed by atoms with Crippen LogP contribution in [0.5, 0.6) is 5.88 Å². The summed E-state index contributed by atoms with van der Waals surface area (Å²) in [4.78, 5) is 15.7. The molecule has 5 rings (SSSR count). The molecule has 0 bridgehead atoms. The minimum atomic E-state index is -3.84. The summed E-state index contributed by atoms with van der Waals surface area (Å²) >= 11 is 0. The SMILES string of the molecule is CCOc1nc(N)nc2c1ncn2[C@@H]1O[C@@H]2COP(=O)(OC3CCC3)O[C@H]2[C@@]1(C)N=[N+]=[N-]. The lowest BCUT2D eigenvalue weighted by Gasteiger charge is -2.37. The molecule has 3 aliphatic rings. The number of fused-ring (bicyclic) bond motifs is 2. The number of phosphoric acid groups is 1. The molecule has 2 saturated heterocycles. The van der Waals surface area contributed by atoms with Crippen molar-refractivity contribution in [1.29, 1.82) is 0 Å². The highest BCUT2D eigenvalue weighted by atomic mass is 31.2. The normalized spacial score (nSPS) is 34.6. The van der Waals surface area contributed by atoms with E-state index in [-0.39, 0.29) is 24.5 Å². The zero-order chi connectivity index (χ0) is 22.5. The summed E-state index contributed by atoms with van der Waals surface area (Å²) in [7, 11) is -3.84. The third kappa shape index (κ3) is 3.40. The highest BCUT2D eigenvalue weighted by Crippen LogP contribution is 2.61. The fourth-order valence-electron chi connectivity index (χ4n) is 4.11. The monoisotopic (exact) mass is 466 g/mol. The van der Waals surface area contributed by atoms with Crippen molar-refractivity contribution in [2.24, 2.45) is 5.11 Å². The van der Waals surface area contributed by atoms with E-state index in [1.54, 1.807) is 11.5 Å². The number of anilines is 1. The molecule has 1 aliphatic carbocycles. The predicted molar refractivity (Wildman–Crippen MR) is 110 cm³/mol. The van der Waals surface area contributed by atoms with Crippen molar-refractivity contribution in [3.8, 4) is 5.88 Å². The van der Waals surface area contributed by atoms with Crippen LogP contribution < -0.4 is 10.5 Å². The van der Waals surface area contributed by atoms with Crippen LogP contribution in [0, 0.1) is 0 Å². The molecule has 4 heterocycles. The molecule has 5 atom stereocenters. The third-order valence-corrected chi connectivity index (χ3v) is 7.39. The van der Waals surface area contributed by atoms with Crippen molar-refractivity contribution in [2.45, 2.75) is 63.2 Å². The molecule has 172 valence electrons. The molecule has 2 aliphatic heterocycles. The van der Waals surface area contributed by atoms with Gasteiger partial charge in [-0.25, -0.2) is 9.55 Å². The first kappa shape index (κ1) is 21.4. The zero-order valence-corrected chi connectivity index (χ0v) is 18.4. The summed E-state index contributed by atoms with van der Waals surface area (Å²) < 4.78 is 43.2. The Labute approximate surface area is 182 Å². The van der Waals surface area contributed by atoms with Crippen LogP contribution in [0.4, 0.5) is 5.95 Å². The van der Waals surface area contributed by atoms with Crippen molar-refractivity contribution in [3.63, 3.8) is 0 Å². The standard InChI is InChI=1S/C17H23N8O6P/c1-3-27-14-11-13(21-16(18)22-14)25(8-20-11)15-17(2,23-24-19)12-10(29-15)7-28-32(26,31-12)30-9-5-4-6-9/h8-10,12,15H,3-7H2,1-2H3,(H2,18,21,22)/t10-,12-,15-,17-,32?/m1/s1. The van der Waals surface area contributed by atoms with E-state index in [0.29, 0.717) is 17.8 Å². The Hall–Kier alpha value is -2.47. The van der Waals surface area contributed by atoms with Crippen LogP contribution in [0.15, 0.2) is 11.4 Å². The number of hydrogen-bond donors (Lipinski definition) is 1. The van der Waals surface area contributed by atoms with Crippen LogP contribution in [0.25, 0.3) is 21.6 Å². The maximum atomic E-state index is 13.1. The van der Waals surface area contributed by atoms with Gasteiger partial charge in [0.05, 0.1) is 25.6 Å². The van der Waals surface area contributed by atoms with E-state index in [2.05, 4.69) is 25.0 Å². The smallest absolute Gasteiger partial charge is 0.475 e. The van der Waals surface area contributed by atoms with Gasteiger partial charge >= 0.3 is 7.82 Å². The van der Waals surface area contributed by atoms with Gasteiger partial charge in [0, 0.05) is 4.91 Å². The van der Waals surface area contributed by atoms with E-state index in [9.17, 15) is 10.1 Å². The molecule has 0 spiro atoms. The molecule has 14 nitrogen and oxygen atoms in total. The quantitative estimate of drug-likeness (QED) is 0.287. The molecule has 0 radical (unpaired) electrons. The van der Waals surface area contributed by atoms with Crippen molar-refractivity contribution in [1.82, 2.24) is 19.5 Å². The predicted octanol–water partition coefficient (Wildman–Crippen LogP) is 2.87. The number of azide groups is 1. The van der Waals surface area contributed by atoms with Crippen molar-refractivity contribution in [2.75, 3.05) is 18.9 Å². The molecule has 1 saturated carbocycles. The Morgan fingerprint density at radius 2 is 2.28 bits per heavy atom. The second-order valence-electron chi connectivity index (χ2n) is 8.01. The highest BCUT2D eigenvalue weighted by molar-refractivity contribution is 7.48. The molecular formula is C17H23N8O6P. The first-order valence-corrected chi connectivity index (χ1v) is 11.8. The number of ether oxygens (including phenoxy) is 2. The first-order chi connectivity index (χ1) is 15.4. The molecule has 2 aromatic rings. The zero-order valence-electron chi connectivity index (χ0n) is 17.5. The van der Waals surface area contributed by atoms with Gasteiger partial charge in [0.25, 0.3) is 0 Å². The van der Waals surface area contributed by atoms with E-state index in [1.165, 1.54) is 6.33 Å². The maximum Gasteiger partial charge on any atom is 0.475 e. The fraction of sp³-hybridized carbons (Fsp3) is 0.706. The summed E-state index contributed by atoms with van der Waals surface area (Å²) in [6.45, 7) is 3.78. The number of nitrogen functional groups attached to an aromatic ring is 1. The number of phosphoric ester groups is 1. The largest absolute Gasteiger partial charge is 0.476 e. The number of hydrogen-bond acceptors (Lipinski definition) is 11. The van der Waals surface area contributed by atoms with Crippen LogP contribution >= 0.6 is 7.82 Å². The van der Waals surface area contributed by atoms with E-state index >= 15 is 0 Å². The minimum Gasteiger partial charge on any atom is -0.476 e. The van der Waals surface area contributed by atoms with Crippen LogP contribution in [-0.4, -0.2) is 56.6 Å². The molecule has 1 unspecified atom stereocenters. The van der Waals surface area contributed by atoms with Gasteiger partial charge in [0.15, 0.2) is 17.4 Å². The van der Waals surface area contributed by atoms with Gasteiger partial charge in [-0.05, 0) is 38.6 Å². The average molecular weight is 466 g/mol. The lowest BCUT2D eigenvalue weighted by molar-refractivity contribution is -0.0787. The number of nitrogens with two attached hydrogens (primary N) is 1. The van der Waals surface area contributed by atoms with Gasteiger partial charge < -0.3 is 15.2 Å². The average Bonchev–Trinajstić information content (AvgIpc) is 3.25. The maximum absolute atomic E-state index is 13.1. The summed E-state index contributed by atoms with van der Waals surface area (Å²) in [5, 5.41) is 3.99. The molecule has 0 aromatic carbocycles. The molecule has 2 aromatic heterocycles. The molecule has 0 amide bonds. The van der Waals surface area contributed by atoms with E-state index in [0.717, 1.165) is 19.3 Å². The highest BCUT2D eigenvalue weighted by Gasteiger charge is 2.61. The Morgan fingerprint density at radius 3 is 2.97 bits per heavy atom. The van der Waals surface area contributed by atoms with Crippen LogP contribution in [0.2, 0.25) is 0 Å². The van der Waals surface area contributed by atoms with Crippen LogP contribution in [-0.2, 0) is 22.9 Å². The molecule has 32 heavy (non-hydrogen) atoms. The van der Waals surface area contributed by atoms with Gasteiger partial charge in [-0.15, -0.1) is 0 Å². The van der Waals surface area contributed by atoms with Gasteiger partial charge in [-0.3, -0.25) is 18.1 Å². The van der Waals surface area contributed by atoms with Crippen molar-refractivity contribution < 1.29 is 27.6 Å². The summed E-state index contributed by atoms with van der Waals surface area (Å²) in [6, 6.07) is 0. The van der Waals surface area contributed by atoms with Crippen molar-refractivity contribution >= 4 is 24.9 Å². The Balaban J connectivity index is 1.53. The van der Waals surface area contributed by atoms with Crippen LogP contribution in [0.3, 0.4) is 0 Å². The summed E-state index contributed by atoms with van der Waals surface area (Å²) in [5.41, 5.74) is 14.6. The topological polar surface area (TPSA) is 182 Å². The number of rotatable bonds is 6.